The van der Waals surface area contributed by atoms with E-state index in [1.807, 2.05) is 6.92 Å². The smallest absolute Gasteiger partial charge is 0.323 e. The SMILES string of the molecule is CCCNC(C(=O)OCC)C1CC(C)=CC(C)C1. The first-order valence-corrected chi connectivity index (χ1v) is 7.15. The zero-order chi connectivity index (χ0) is 13.5. The lowest BCUT2D eigenvalue weighted by molar-refractivity contribution is -0.147. The molecule has 0 heterocycles. The highest BCUT2D eigenvalue weighted by Crippen LogP contribution is 2.30. The summed E-state index contributed by atoms with van der Waals surface area (Å²) in [4.78, 5) is 12.1. The number of carbonyl (C=O) groups excluding carboxylic acids is 1. The Balaban J connectivity index is 2.70. The monoisotopic (exact) mass is 253 g/mol. The average Bonchev–Trinajstić information content (AvgIpc) is 2.28. The Kier molecular flexibility index (Phi) is 6.41. The van der Waals surface area contributed by atoms with Gasteiger partial charge in [-0.3, -0.25) is 4.79 Å². The number of rotatable bonds is 6. The van der Waals surface area contributed by atoms with Crippen molar-refractivity contribution >= 4 is 5.97 Å². The number of esters is 1. The molecule has 0 aliphatic heterocycles. The van der Waals surface area contributed by atoms with Crippen molar-refractivity contribution < 1.29 is 9.53 Å². The third-order valence-corrected chi connectivity index (χ3v) is 3.45. The number of allylic oxidation sites excluding steroid dienone is 2. The van der Waals surface area contributed by atoms with Crippen LogP contribution in [0.5, 0.6) is 0 Å². The Morgan fingerprint density at radius 3 is 2.83 bits per heavy atom. The molecule has 1 rings (SSSR count). The first kappa shape index (κ1) is 15.2. The minimum Gasteiger partial charge on any atom is -0.465 e. The fraction of sp³-hybridized carbons (Fsp3) is 0.800. The van der Waals surface area contributed by atoms with Crippen LogP contribution in [-0.4, -0.2) is 25.2 Å². The maximum absolute atomic E-state index is 12.1. The summed E-state index contributed by atoms with van der Waals surface area (Å²) >= 11 is 0. The Morgan fingerprint density at radius 2 is 2.28 bits per heavy atom. The molecule has 0 saturated carbocycles. The largest absolute Gasteiger partial charge is 0.465 e. The predicted octanol–water partition coefficient (Wildman–Crippen LogP) is 2.91. The highest BCUT2D eigenvalue weighted by atomic mass is 16.5. The Hall–Kier alpha value is -0.830. The zero-order valence-corrected chi connectivity index (χ0v) is 12.2. The summed E-state index contributed by atoms with van der Waals surface area (Å²) in [5.41, 5.74) is 1.39. The normalized spacial score (nSPS) is 25.4. The number of carbonyl (C=O) groups is 1. The van der Waals surface area contributed by atoms with E-state index in [4.69, 9.17) is 4.74 Å². The van der Waals surface area contributed by atoms with E-state index >= 15 is 0 Å². The van der Waals surface area contributed by atoms with Gasteiger partial charge in [-0.1, -0.05) is 25.5 Å². The molecule has 0 radical (unpaired) electrons. The number of ether oxygens (including phenoxy) is 1. The van der Waals surface area contributed by atoms with Crippen LogP contribution in [0, 0.1) is 11.8 Å². The van der Waals surface area contributed by atoms with Gasteiger partial charge in [0.25, 0.3) is 0 Å². The second-order valence-electron chi connectivity index (χ2n) is 5.37. The van der Waals surface area contributed by atoms with Crippen LogP contribution in [0.1, 0.15) is 47.0 Å². The maximum atomic E-state index is 12.1. The van der Waals surface area contributed by atoms with Crippen LogP contribution >= 0.6 is 0 Å². The molecule has 0 aromatic carbocycles. The van der Waals surface area contributed by atoms with Crippen LogP contribution in [0.4, 0.5) is 0 Å². The molecular weight excluding hydrogens is 226 g/mol. The van der Waals surface area contributed by atoms with E-state index in [0.29, 0.717) is 18.4 Å². The molecule has 1 aliphatic rings. The van der Waals surface area contributed by atoms with Crippen LogP contribution in [0.15, 0.2) is 11.6 Å². The van der Waals surface area contributed by atoms with Crippen molar-refractivity contribution in [2.24, 2.45) is 11.8 Å². The van der Waals surface area contributed by atoms with Crippen molar-refractivity contribution in [1.82, 2.24) is 5.32 Å². The average molecular weight is 253 g/mol. The number of hydrogen-bond donors (Lipinski definition) is 1. The van der Waals surface area contributed by atoms with Gasteiger partial charge >= 0.3 is 5.97 Å². The summed E-state index contributed by atoms with van der Waals surface area (Å²) in [5, 5.41) is 3.36. The Bertz CT molecular complexity index is 299. The van der Waals surface area contributed by atoms with Gasteiger partial charge in [-0.25, -0.2) is 0 Å². The van der Waals surface area contributed by atoms with Gasteiger partial charge < -0.3 is 10.1 Å². The Labute approximate surface area is 111 Å². The molecule has 0 saturated heterocycles. The lowest BCUT2D eigenvalue weighted by Crippen LogP contribution is -2.45. The molecule has 0 aromatic rings. The fourth-order valence-corrected chi connectivity index (χ4v) is 2.82. The van der Waals surface area contributed by atoms with Gasteiger partial charge in [0.05, 0.1) is 6.61 Å². The summed E-state index contributed by atoms with van der Waals surface area (Å²) in [7, 11) is 0. The summed E-state index contributed by atoms with van der Waals surface area (Å²) < 4.78 is 5.20. The zero-order valence-electron chi connectivity index (χ0n) is 12.2. The van der Waals surface area contributed by atoms with Gasteiger partial charge in [0.15, 0.2) is 0 Å². The lowest BCUT2D eigenvalue weighted by atomic mass is 9.79. The van der Waals surface area contributed by atoms with E-state index in [9.17, 15) is 4.79 Å². The number of hydrogen-bond acceptors (Lipinski definition) is 3. The predicted molar refractivity (Wildman–Crippen MR) is 74.4 cm³/mol. The molecule has 0 aromatic heterocycles. The van der Waals surface area contributed by atoms with Crippen molar-refractivity contribution in [2.75, 3.05) is 13.2 Å². The lowest BCUT2D eigenvalue weighted by Gasteiger charge is -2.31. The second-order valence-corrected chi connectivity index (χ2v) is 5.37. The maximum Gasteiger partial charge on any atom is 0.323 e. The summed E-state index contributed by atoms with van der Waals surface area (Å²) in [6, 6.07) is -0.143. The molecule has 3 unspecified atom stereocenters. The van der Waals surface area contributed by atoms with Crippen LogP contribution in [0.25, 0.3) is 0 Å². The third-order valence-electron chi connectivity index (χ3n) is 3.45. The van der Waals surface area contributed by atoms with Crippen LogP contribution in [-0.2, 0) is 9.53 Å². The highest BCUT2D eigenvalue weighted by molar-refractivity contribution is 5.76. The minimum absolute atomic E-state index is 0.0853. The standard InChI is InChI=1S/C15H27NO2/c1-5-7-16-14(15(17)18-6-2)13-9-11(3)8-12(4)10-13/h8,11,13-14,16H,5-7,9-10H2,1-4H3. The van der Waals surface area contributed by atoms with Gasteiger partial charge in [-0.05, 0) is 51.5 Å². The highest BCUT2D eigenvalue weighted by Gasteiger charge is 2.31. The van der Waals surface area contributed by atoms with E-state index in [0.717, 1.165) is 25.8 Å². The molecule has 1 aliphatic carbocycles. The van der Waals surface area contributed by atoms with E-state index in [2.05, 4.69) is 32.2 Å². The van der Waals surface area contributed by atoms with Crippen molar-refractivity contribution in [3.63, 3.8) is 0 Å². The molecule has 18 heavy (non-hydrogen) atoms. The molecule has 1 N–H and O–H groups in total. The van der Waals surface area contributed by atoms with Crippen molar-refractivity contribution in [3.8, 4) is 0 Å². The third kappa shape index (κ3) is 4.45. The quantitative estimate of drug-likeness (QED) is 0.584. The first-order chi connectivity index (χ1) is 8.58. The Morgan fingerprint density at radius 1 is 1.56 bits per heavy atom. The summed E-state index contributed by atoms with van der Waals surface area (Å²) in [5.74, 6) is 0.845. The van der Waals surface area contributed by atoms with Crippen LogP contribution < -0.4 is 5.32 Å². The molecule has 3 heteroatoms. The van der Waals surface area contributed by atoms with Crippen molar-refractivity contribution in [2.45, 2.75) is 53.0 Å². The molecule has 3 nitrogen and oxygen atoms in total. The van der Waals surface area contributed by atoms with E-state index in [1.54, 1.807) is 0 Å². The molecular formula is C15H27NO2. The van der Waals surface area contributed by atoms with E-state index < -0.39 is 0 Å². The number of nitrogens with one attached hydrogen (secondary N) is 1. The van der Waals surface area contributed by atoms with Gasteiger partial charge in [0.1, 0.15) is 6.04 Å². The van der Waals surface area contributed by atoms with Crippen molar-refractivity contribution in [1.29, 1.82) is 0 Å². The first-order valence-electron chi connectivity index (χ1n) is 7.15. The molecule has 3 atom stereocenters. The van der Waals surface area contributed by atoms with Gasteiger partial charge in [0, 0.05) is 0 Å². The minimum atomic E-state index is -0.143. The van der Waals surface area contributed by atoms with Gasteiger partial charge in [0.2, 0.25) is 0 Å². The van der Waals surface area contributed by atoms with Crippen molar-refractivity contribution in [3.05, 3.63) is 11.6 Å². The van der Waals surface area contributed by atoms with E-state index in [-0.39, 0.29) is 12.0 Å². The van der Waals surface area contributed by atoms with Crippen LogP contribution in [0.2, 0.25) is 0 Å². The molecule has 0 fully saturated rings. The van der Waals surface area contributed by atoms with E-state index in [1.165, 1.54) is 5.57 Å². The fourth-order valence-electron chi connectivity index (χ4n) is 2.82. The molecule has 0 bridgehead atoms. The van der Waals surface area contributed by atoms with Gasteiger partial charge in [-0.15, -0.1) is 0 Å². The van der Waals surface area contributed by atoms with Crippen LogP contribution in [0.3, 0.4) is 0 Å². The molecule has 104 valence electrons. The molecule has 0 amide bonds. The summed E-state index contributed by atoms with van der Waals surface area (Å²) in [6.07, 6.45) is 5.42. The second kappa shape index (κ2) is 7.57. The summed E-state index contributed by atoms with van der Waals surface area (Å²) in [6.45, 7) is 9.69. The topological polar surface area (TPSA) is 38.3 Å². The van der Waals surface area contributed by atoms with Gasteiger partial charge in [-0.2, -0.15) is 0 Å². The molecule has 0 spiro atoms.